The fraction of sp³-hybridized carbons (Fsp3) is 0.154. The van der Waals surface area contributed by atoms with Crippen LogP contribution in [0.4, 0.5) is 5.69 Å². The number of aryl methyl sites for hydroxylation is 3. The fourth-order valence-corrected chi connectivity index (χ4v) is 3.68. The number of hydrogen-bond acceptors (Lipinski definition) is 2. The highest BCUT2D eigenvalue weighted by atomic mass is 16.2. The number of fused-ring (bicyclic) bond motifs is 1. The fourth-order valence-electron chi connectivity index (χ4n) is 3.68. The van der Waals surface area contributed by atoms with E-state index in [1.54, 1.807) is 4.90 Å². The van der Waals surface area contributed by atoms with Crippen molar-refractivity contribution in [3.05, 3.63) is 111 Å². The van der Waals surface area contributed by atoms with E-state index in [0.717, 1.165) is 33.3 Å². The van der Waals surface area contributed by atoms with Gasteiger partial charge in [-0.2, -0.15) is 0 Å². The third-order valence-corrected chi connectivity index (χ3v) is 5.46. The van der Waals surface area contributed by atoms with Gasteiger partial charge in [0.1, 0.15) is 0 Å². The van der Waals surface area contributed by atoms with E-state index in [1.165, 1.54) is 0 Å². The van der Waals surface area contributed by atoms with Gasteiger partial charge in [-0.1, -0.05) is 54.1 Å². The number of pyridine rings is 1. The number of amides is 1. The summed E-state index contributed by atoms with van der Waals surface area (Å²) in [7, 11) is 0. The lowest BCUT2D eigenvalue weighted by molar-refractivity contribution is 0.0984. The highest BCUT2D eigenvalue weighted by molar-refractivity contribution is 6.07. The van der Waals surface area contributed by atoms with Crippen LogP contribution in [0.3, 0.4) is 0 Å². The number of nitrogens with one attached hydrogen (secondary N) is 1. The van der Waals surface area contributed by atoms with Gasteiger partial charge < -0.3 is 9.88 Å². The molecule has 0 fully saturated rings. The van der Waals surface area contributed by atoms with Gasteiger partial charge in [0.15, 0.2) is 0 Å². The molecule has 0 aliphatic heterocycles. The van der Waals surface area contributed by atoms with Crippen LogP contribution in [0.25, 0.3) is 10.9 Å². The van der Waals surface area contributed by atoms with Crippen molar-refractivity contribution in [1.82, 2.24) is 4.98 Å². The molecule has 1 aromatic heterocycles. The molecule has 30 heavy (non-hydrogen) atoms. The third-order valence-electron chi connectivity index (χ3n) is 5.46. The predicted octanol–water partition coefficient (Wildman–Crippen LogP) is 5.30. The molecule has 1 N–H and O–H groups in total. The molecule has 0 atom stereocenters. The average Bonchev–Trinajstić information content (AvgIpc) is 2.74. The van der Waals surface area contributed by atoms with Crippen LogP contribution in [-0.2, 0) is 6.54 Å². The van der Waals surface area contributed by atoms with Gasteiger partial charge in [0.2, 0.25) is 0 Å². The number of nitrogens with zero attached hydrogens (tertiary/aromatic N) is 1. The van der Waals surface area contributed by atoms with Crippen LogP contribution in [-0.4, -0.2) is 10.9 Å². The Hall–Kier alpha value is -3.66. The Morgan fingerprint density at radius 1 is 0.867 bits per heavy atom. The highest BCUT2D eigenvalue weighted by Crippen LogP contribution is 2.23. The number of hydrogen-bond donors (Lipinski definition) is 1. The summed E-state index contributed by atoms with van der Waals surface area (Å²) in [4.78, 5) is 31.0. The van der Waals surface area contributed by atoms with Crippen LogP contribution in [0, 0.1) is 20.8 Å². The van der Waals surface area contributed by atoms with E-state index in [2.05, 4.69) is 4.98 Å². The first-order valence-corrected chi connectivity index (χ1v) is 10.00. The third kappa shape index (κ3) is 3.77. The number of rotatable bonds is 4. The number of carbonyl (C=O) groups excluding carboxylic acids is 1. The van der Waals surface area contributed by atoms with Gasteiger partial charge >= 0.3 is 0 Å². The molecule has 4 heteroatoms. The van der Waals surface area contributed by atoms with E-state index < -0.39 is 0 Å². The smallest absolute Gasteiger partial charge is 0.258 e. The number of para-hydroxylation sites is 1. The average molecular weight is 396 g/mol. The maximum atomic E-state index is 13.5. The molecule has 3 aromatic carbocycles. The molecule has 4 rings (SSSR count). The van der Waals surface area contributed by atoms with Crippen molar-refractivity contribution in [3.8, 4) is 0 Å². The molecule has 0 aliphatic carbocycles. The Labute approximate surface area is 175 Å². The minimum absolute atomic E-state index is 0.124. The normalized spacial score (nSPS) is 10.9. The molecular formula is C26H24N2O2. The van der Waals surface area contributed by atoms with Crippen LogP contribution in [0.1, 0.15) is 32.6 Å². The predicted molar refractivity (Wildman–Crippen MR) is 122 cm³/mol. The zero-order valence-electron chi connectivity index (χ0n) is 17.4. The van der Waals surface area contributed by atoms with Crippen molar-refractivity contribution in [2.45, 2.75) is 27.3 Å². The van der Waals surface area contributed by atoms with E-state index in [4.69, 9.17) is 0 Å². The van der Waals surface area contributed by atoms with Gasteiger partial charge in [-0.15, -0.1) is 0 Å². The monoisotopic (exact) mass is 396 g/mol. The first kappa shape index (κ1) is 19.6. The highest BCUT2D eigenvalue weighted by Gasteiger charge is 2.21. The molecule has 0 spiro atoms. The van der Waals surface area contributed by atoms with Crippen molar-refractivity contribution in [3.63, 3.8) is 0 Å². The Kier molecular flexibility index (Phi) is 5.23. The lowest BCUT2D eigenvalue weighted by Gasteiger charge is -2.24. The maximum absolute atomic E-state index is 13.5. The molecule has 0 saturated heterocycles. The van der Waals surface area contributed by atoms with Crippen LogP contribution < -0.4 is 10.5 Å². The molecular weight excluding hydrogens is 372 g/mol. The lowest BCUT2D eigenvalue weighted by Crippen LogP contribution is -2.33. The SMILES string of the molecule is Cc1ccc(N(Cc2cc3cccc(C)c3[nH]c2=O)C(=O)c2ccccc2C)cc1. The molecule has 150 valence electrons. The molecule has 0 bridgehead atoms. The van der Waals surface area contributed by atoms with Crippen molar-refractivity contribution >= 4 is 22.5 Å². The summed E-state index contributed by atoms with van der Waals surface area (Å²) in [6, 6.07) is 23.1. The summed E-state index contributed by atoms with van der Waals surface area (Å²) in [5.74, 6) is -0.124. The van der Waals surface area contributed by atoms with Gasteiger partial charge in [-0.05, 0) is 61.5 Å². The molecule has 0 saturated carbocycles. The maximum Gasteiger partial charge on any atom is 0.258 e. The second kappa shape index (κ2) is 7.99. The standard InChI is InChI=1S/C26H24N2O2/c1-17-11-13-22(14-12-17)28(26(30)23-10-5-4-7-18(23)2)16-21-15-20-9-6-8-19(3)24(20)27-25(21)29/h4-15H,16H2,1-3H3,(H,27,29). The molecule has 0 aliphatic rings. The van der Waals surface area contributed by atoms with Gasteiger partial charge in [-0.25, -0.2) is 0 Å². The number of aromatic nitrogens is 1. The largest absolute Gasteiger partial charge is 0.321 e. The van der Waals surface area contributed by atoms with Crippen molar-refractivity contribution in [1.29, 1.82) is 0 Å². The van der Waals surface area contributed by atoms with Crippen LogP contribution >= 0.6 is 0 Å². The second-order valence-electron chi connectivity index (χ2n) is 7.70. The summed E-state index contributed by atoms with van der Waals surface area (Å²) in [6.07, 6.45) is 0. The summed E-state index contributed by atoms with van der Waals surface area (Å²) in [5.41, 5.74) is 5.63. The van der Waals surface area contributed by atoms with Crippen molar-refractivity contribution in [2.75, 3.05) is 4.90 Å². The second-order valence-corrected chi connectivity index (χ2v) is 7.70. The van der Waals surface area contributed by atoms with Crippen LogP contribution in [0.5, 0.6) is 0 Å². The number of aromatic amines is 1. The summed E-state index contributed by atoms with van der Waals surface area (Å²) in [6.45, 7) is 6.09. The Morgan fingerprint density at radius 2 is 1.57 bits per heavy atom. The van der Waals surface area contributed by atoms with Crippen LogP contribution in [0.2, 0.25) is 0 Å². The van der Waals surface area contributed by atoms with Gasteiger partial charge in [0.25, 0.3) is 11.5 Å². The minimum atomic E-state index is -0.175. The zero-order chi connectivity index (χ0) is 21.3. The first-order valence-electron chi connectivity index (χ1n) is 10.00. The van der Waals surface area contributed by atoms with E-state index in [0.29, 0.717) is 11.1 Å². The van der Waals surface area contributed by atoms with Crippen molar-refractivity contribution in [2.24, 2.45) is 0 Å². The van der Waals surface area contributed by atoms with E-state index in [-0.39, 0.29) is 18.0 Å². The van der Waals surface area contributed by atoms with Crippen LogP contribution in [0.15, 0.2) is 77.6 Å². The van der Waals surface area contributed by atoms with Gasteiger partial charge in [0.05, 0.1) is 12.1 Å². The number of H-pyrrole nitrogens is 1. The van der Waals surface area contributed by atoms with E-state index in [1.807, 2.05) is 93.6 Å². The van der Waals surface area contributed by atoms with Gasteiger partial charge in [0, 0.05) is 16.8 Å². The summed E-state index contributed by atoms with van der Waals surface area (Å²) < 4.78 is 0. The minimum Gasteiger partial charge on any atom is -0.321 e. The zero-order valence-corrected chi connectivity index (χ0v) is 17.4. The molecule has 4 nitrogen and oxygen atoms in total. The Balaban J connectivity index is 1.81. The van der Waals surface area contributed by atoms with Gasteiger partial charge in [-0.3, -0.25) is 9.59 Å². The van der Waals surface area contributed by atoms with E-state index in [9.17, 15) is 9.59 Å². The molecule has 0 radical (unpaired) electrons. The molecule has 1 amide bonds. The number of benzene rings is 3. The quantitative estimate of drug-likeness (QED) is 0.509. The van der Waals surface area contributed by atoms with E-state index >= 15 is 0 Å². The number of anilines is 1. The molecule has 0 unspecified atom stereocenters. The Morgan fingerprint density at radius 3 is 2.30 bits per heavy atom. The number of carbonyl (C=O) groups is 1. The van der Waals surface area contributed by atoms with Crippen molar-refractivity contribution < 1.29 is 4.79 Å². The summed E-state index contributed by atoms with van der Waals surface area (Å²) in [5, 5.41) is 0.955. The Bertz CT molecular complexity index is 1290. The molecule has 1 heterocycles. The first-order chi connectivity index (χ1) is 14.4. The topological polar surface area (TPSA) is 53.2 Å². The summed E-state index contributed by atoms with van der Waals surface area (Å²) >= 11 is 0. The molecule has 4 aromatic rings. The lowest BCUT2D eigenvalue weighted by atomic mass is 10.1.